The van der Waals surface area contributed by atoms with Gasteiger partial charge in [0.05, 0.1) is 6.54 Å². The first kappa shape index (κ1) is 11.0. The third-order valence-electron chi connectivity index (χ3n) is 3.20. The summed E-state index contributed by atoms with van der Waals surface area (Å²) in [7, 11) is 0. The molecule has 2 aromatic rings. The molecule has 0 spiro atoms. The summed E-state index contributed by atoms with van der Waals surface area (Å²) in [5, 5.41) is 2.23. The fourth-order valence-electron chi connectivity index (χ4n) is 2.25. The van der Waals surface area contributed by atoms with E-state index >= 15 is 0 Å². The van der Waals surface area contributed by atoms with Crippen LogP contribution >= 0.6 is 0 Å². The smallest absolute Gasteiger partial charge is 0.415 e. The lowest BCUT2D eigenvalue weighted by Crippen LogP contribution is -2.24. The third-order valence-corrected chi connectivity index (χ3v) is 3.20. The van der Waals surface area contributed by atoms with Gasteiger partial charge in [-0.1, -0.05) is 17.7 Å². The predicted molar refractivity (Wildman–Crippen MR) is 69.9 cm³/mol. The molecule has 18 heavy (non-hydrogen) atoms. The third kappa shape index (κ3) is 1.70. The van der Waals surface area contributed by atoms with Gasteiger partial charge in [-0.3, -0.25) is 4.90 Å². The highest BCUT2D eigenvalue weighted by Crippen LogP contribution is 2.25. The van der Waals surface area contributed by atoms with Crippen molar-refractivity contribution in [2.75, 3.05) is 18.1 Å². The van der Waals surface area contributed by atoms with Gasteiger partial charge in [-0.05, 0) is 31.4 Å². The highest BCUT2D eigenvalue weighted by atomic mass is 16.6. The van der Waals surface area contributed by atoms with Crippen LogP contribution in [-0.4, -0.2) is 24.2 Å². The molecule has 3 rings (SSSR count). The molecule has 1 aromatic heterocycles. The highest BCUT2D eigenvalue weighted by molar-refractivity contribution is 5.93. The van der Waals surface area contributed by atoms with Gasteiger partial charge in [-0.15, -0.1) is 0 Å². The molecule has 0 unspecified atom stereocenters. The normalized spacial score (nSPS) is 15.2. The number of benzene rings is 1. The molecular formula is C14H14N2O2. The number of aromatic nitrogens is 1. The molecule has 92 valence electrons. The number of aryl methyl sites for hydroxylation is 2. The molecule has 1 aliphatic rings. The minimum absolute atomic E-state index is 0.312. The van der Waals surface area contributed by atoms with E-state index in [0.717, 1.165) is 16.5 Å². The topological polar surface area (TPSA) is 42.4 Å². The maximum atomic E-state index is 11.5. The van der Waals surface area contributed by atoms with Crippen LogP contribution in [0.4, 0.5) is 10.6 Å². The Kier molecular flexibility index (Phi) is 2.44. The standard InChI is InChI=1S/C14H14N2O2/c1-9-3-4-11-8-13(15-10(2)12(11)7-9)16-5-6-18-14(16)17/h3-4,7-8H,5-6H2,1-2H3. The Morgan fingerprint density at radius 1 is 1.28 bits per heavy atom. The molecular weight excluding hydrogens is 228 g/mol. The predicted octanol–water partition coefficient (Wildman–Crippen LogP) is 2.81. The summed E-state index contributed by atoms with van der Waals surface area (Å²) in [4.78, 5) is 17.6. The van der Waals surface area contributed by atoms with Crippen LogP contribution in [-0.2, 0) is 4.74 Å². The van der Waals surface area contributed by atoms with Gasteiger partial charge in [-0.2, -0.15) is 0 Å². The first-order valence-electron chi connectivity index (χ1n) is 5.97. The van der Waals surface area contributed by atoms with Crippen LogP contribution in [0.2, 0.25) is 0 Å². The summed E-state index contributed by atoms with van der Waals surface area (Å²) in [6.07, 6.45) is -0.312. The van der Waals surface area contributed by atoms with Crippen molar-refractivity contribution in [3.8, 4) is 0 Å². The van der Waals surface area contributed by atoms with Crippen molar-refractivity contribution < 1.29 is 9.53 Å². The number of fused-ring (bicyclic) bond motifs is 1. The molecule has 0 atom stereocenters. The van der Waals surface area contributed by atoms with Crippen LogP contribution < -0.4 is 4.90 Å². The number of amides is 1. The first-order valence-corrected chi connectivity index (χ1v) is 5.97. The Labute approximate surface area is 105 Å². The number of rotatable bonds is 1. The zero-order valence-electron chi connectivity index (χ0n) is 10.4. The average Bonchev–Trinajstić information content (AvgIpc) is 2.76. The number of pyridine rings is 1. The fourth-order valence-corrected chi connectivity index (χ4v) is 2.25. The van der Waals surface area contributed by atoms with Crippen molar-refractivity contribution in [1.29, 1.82) is 0 Å². The second kappa shape index (κ2) is 3.98. The number of nitrogens with zero attached hydrogens (tertiary/aromatic N) is 2. The molecule has 2 heterocycles. The first-order chi connectivity index (χ1) is 8.65. The van der Waals surface area contributed by atoms with Gasteiger partial charge < -0.3 is 4.74 Å². The maximum absolute atomic E-state index is 11.5. The average molecular weight is 242 g/mol. The lowest BCUT2D eigenvalue weighted by atomic mass is 10.1. The highest BCUT2D eigenvalue weighted by Gasteiger charge is 2.25. The summed E-state index contributed by atoms with van der Waals surface area (Å²) >= 11 is 0. The van der Waals surface area contributed by atoms with Crippen molar-refractivity contribution >= 4 is 22.7 Å². The summed E-state index contributed by atoms with van der Waals surface area (Å²) in [5.41, 5.74) is 2.15. The van der Waals surface area contributed by atoms with Gasteiger partial charge in [0.15, 0.2) is 0 Å². The Balaban J connectivity index is 2.15. The van der Waals surface area contributed by atoms with E-state index in [0.29, 0.717) is 19.0 Å². The number of hydrogen-bond donors (Lipinski definition) is 0. The van der Waals surface area contributed by atoms with E-state index in [4.69, 9.17) is 4.74 Å². The maximum Gasteiger partial charge on any atom is 0.415 e. The molecule has 1 aliphatic heterocycles. The molecule has 4 heteroatoms. The van der Waals surface area contributed by atoms with Crippen molar-refractivity contribution in [1.82, 2.24) is 4.98 Å². The number of anilines is 1. The zero-order valence-corrected chi connectivity index (χ0v) is 10.4. The van der Waals surface area contributed by atoms with Gasteiger partial charge in [-0.25, -0.2) is 9.78 Å². The molecule has 0 aliphatic carbocycles. The van der Waals surface area contributed by atoms with Crippen molar-refractivity contribution in [2.24, 2.45) is 0 Å². The quantitative estimate of drug-likeness (QED) is 0.772. The second-order valence-electron chi connectivity index (χ2n) is 4.56. The molecule has 4 nitrogen and oxygen atoms in total. The lowest BCUT2D eigenvalue weighted by Gasteiger charge is -2.14. The lowest BCUT2D eigenvalue weighted by molar-refractivity contribution is 0.181. The van der Waals surface area contributed by atoms with E-state index < -0.39 is 0 Å². The van der Waals surface area contributed by atoms with E-state index in [9.17, 15) is 4.79 Å². The zero-order chi connectivity index (χ0) is 12.7. The van der Waals surface area contributed by atoms with Crippen LogP contribution in [0.3, 0.4) is 0 Å². The van der Waals surface area contributed by atoms with Crippen LogP contribution in [0.15, 0.2) is 24.3 Å². The van der Waals surface area contributed by atoms with E-state index in [1.54, 1.807) is 4.90 Å². The molecule has 1 aromatic carbocycles. The molecule has 1 fully saturated rings. The van der Waals surface area contributed by atoms with Crippen LogP contribution in [0, 0.1) is 13.8 Å². The van der Waals surface area contributed by atoms with E-state index in [1.807, 2.05) is 13.0 Å². The fraction of sp³-hybridized carbons (Fsp3) is 0.286. The molecule has 0 N–H and O–H groups in total. The Hall–Kier alpha value is -2.10. The summed E-state index contributed by atoms with van der Waals surface area (Å²) < 4.78 is 4.94. The molecule has 0 radical (unpaired) electrons. The van der Waals surface area contributed by atoms with Gasteiger partial charge in [0, 0.05) is 11.1 Å². The summed E-state index contributed by atoms with van der Waals surface area (Å²) in [6, 6.07) is 8.18. The Morgan fingerprint density at radius 3 is 2.83 bits per heavy atom. The van der Waals surface area contributed by atoms with E-state index in [2.05, 4.69) is 30.1 Å². The Morgan fingerprint density at radius 2 is 2.11 bits per heavy atom. The monoisotopic (exact) mass is 242 g/mol. The van der Waals surface area contributed by atoms with Crippen LogP contribution in [0.5, 0.6) is 0 Å². The minimum Gasteiger partial charge on any atom is -0.447 e. The Bertz CT molecular complexity index is 637. The van der Waals surface area contributed by atoms with Crippen molar-refractivity contribution in [3.05, 3.63) is 35.5 Å². The van der Waals surface area contributed by atoms with Gasteiger partial charge >= 0.3 is 6.09 Å². The number of cyclic esters (lactones) is 1. The van der Waals surface area contributed by atoms with Gasteiger partial charge in [0.25, 0.3) is 0 Å². The van der Waals surface area contributed by atoms with E-state index in [-0.39, 0.29) is 6.09 Å². The minimum atomic E-state index is -0.312. The number of carbonyl (C=O) groups excluding carboxylic acids is 1. The van der Waals surface area contributed by atoms with Gasteiger partial charge in [0.1, 0.15) is 12.4 Å². The molecule has 1 amide bonds. The summed E-state index contributed by atoms with van der Waals surface area (Å²) in [5.74, 6) is 0.673. The molecule has 0 bridgehead atoms. The molecule has 0 saturated carbocycles. The van der Waals surface area contributed by atoms with Crippen LogP contribution in [0.25, 0.3) is 10.8 Å². The van der Waals surface area contributed by atoms with Crippen molar-refractivity contribution in [2.45, 2.75) is 13.8 Å². The number of hydrogen-bond acceptors (Lipinski definition) is 3. The number of carbonyl (C=O) groups is 1. The van der Waals surface area contributed by atoms with Gasteiger partial charge in [0.2, 0.25) is 0 Å². The SMILES string of the molecule is Cc1ccc2cc(N3CCOC3=O)nc(C)c2c1. The second-order valence-corrected chi connectivity index (χ2v) is 4.56. The van der Waals surface area contributed by atoms with Crippen LogP contribution in [0.1, 0.15) is 11.3 Å². The number of ether oxygens (including phenoxy) is 1. The van der Waals surface area contributed by atoms with Crippen molar-refractivity contribution in [3.63, 3.8) is 0 Å². The van der Waals surface area contributed by atoms with E-state index in [1.165, 1.54) is 5.56 Å². The summed E-state index contributed by atoms with van der Waals surface area (Å²) in [6.45, 7) is 5.03. The largest absolute Gasteiger partial charge is 0.447 e. The molecule has 1 saturated heterocycles.